The number of carbonyl (C=O) groups is 2. The zero-order valence-electron chi connectivity index (χ0n) is 26.0. The van der Waals surface area contributed by atoms with Gasteiger partial charge in [-0.3, -0.25) is 0 Å². The SMILES string of the molecule is CN(C)CCC1(OC(=O)C(=O)OC2(CCN(C)C)CN(C)C(=S)c3cc(Br)ccc3O2)CN(C)C(=S)c2cc(Br)ccc2O1.O. The van der Waals surface area contributed by atoms with Crippen molar-refractivity contribution < 1.29 is 34.0 Å². The van der Waals surface area contributed by atoms with Crippen molar-refractivity contribution in [2.24, 2.45) is 0 Å². The quantitative estimate of drug-likeness (QED) is 0.222. The first-order valence-electron chi connectivity index (χ1n) is 13.9. The lowest BCUT2D eigenvalue weighted by Crippen LogP contribution is -2.54. The van der Waals surface area contributed by atoms with Crippen molar-refractivity contribution in [3.8, 4) is 11.5 Å². The molecule has 0 spiro atoms. The number of halogens is 2. The largest absolute Gasteiger partial charge is 0.450 e. The van der Waals surface area contributed by atoms with Crippen LogP contribution in [0.3, 0.4) is 0 Å². The van der Waals surface area contributed by atoms with E-state index in [-0.39, 0.29) is 31.4 Å². The summed E-state index contributed by atoms with van der Waals surface area (Å²) in [6, 6.07) is 10.8. The fourth-order valence-electron chi connectivity index (χ4n) is 4.94. The highest BCUT2D eigenvalue weighted by Gasteiger charge is 2.47. The molecule has 2 aromatic carbocycles. The van der Waals surface area contributed by atoms with Crippen LogP contribution < -0.4 is 9.47 Å². The van der Waals surface area contributed by atoms with Gasteiger partial charge in [-0.05, 0) is 64.6 Å². The number of hydrogen-bond acceptors (Lipinski definition) is 10. The Morgan fingerprint density at radius 2 is 1.13 bits per heavy atom. The summed E-state index contributed by atoms with van der Waals surface area (Å²) in [5, 5.41) is 0. The summed E-state index contributed by atoms with van der Waals surface area (Å²) in [5.41, 5.74) is 1.34. The van der Waals surface area contributed by atoms with Crippen molar-refractivity contribution in [1.29, 1.82) is 0 Å². The summed E-state index contributed by atoms with van der Waals surface area (Å²) in [5.74, 6) is -4.62. The van der Waals surface area contributed by atoms with Gasteiger partial charge in [0.1, 0.15) is 21.5 Å². The van der Waals surface area contributed by atoms with E-state index in [1.807, 2.05) is 62.3 Å². The van der Waals surface area contributed by atoms with E-state index < -0.39 is 23.5 Å². The van der Waals surface area contributed by atoms with E-state index in [1.165, 1.54) is 0 Å². The van der Waals surface area contributed by atoms with Crippen molar-refractivity contribution in [2.75, 3.05) is 68.5 Å². The molecule has 0 aromatic heterocycles. The summed E-state index contributed by atoms with van der Waals surface area (Å²) in [6.45, 7) is 1.18. The van der Waals surface area contributed by atoms with Gasteiger partial charge in [-0.15, -0.1) is 0 Å². The lowest BCUT2D eigenvalue weighted by molar-refractivity contribution is -0.227. The van der Waals surface area contributed by atoms with Crippen molar-refractivity contribution in [2.45, 2.75) is 24.4 Å². The standard InChI is InChI=1S/C30H36Br2N4O6S2.H2O/c1-33(2)13-11-29(17-35(5)25(43)21-15-19(31)7-9-23(21)39-29)41-27(37)28(38)42-30(12-14-34(3)4)18-36(6)26(44)22-16-20(32)8-10-24(22)40-30;/h7-10,15-16H,11-14,17-18H2,1-6H3;1H2. The summed E-state index contributed by atoms with van der Waals surface area (Å²) >= 11 is 18.4. The topological polar surface area (TPSA) is 116 Å². The second kappa shape index (κ2) is 15.0. The molecule has 0 bridgehead atoms. The molecular formula is C30H38Br2N4O7S2. The Hall–Kier alpha value is -2.40. The molecule has 11 nitrogen and oxygen atoms in total. The maximum Gasteiger partial charge on any atom is 0.420 e. The minimum absolute atomic E-state index is 0. The molecule has 0 aliphatic carbocycles. The van der Waals surface area contributed by atoms with E-state index in [9.17, 15) is 9.59 Å². The van der Waals surface area contributed by atoms with Gasteiger partial charge in [-0.25, -0.2) is 9.59 Å². The number of rotatable bonds is 8. The van der Waals surface area contributed by atoms with Crippen molar-refractivity contribution in [3.05, 3.63) is 56.5 Å². The van der Waals surface area contributed by atoms with E-state index in [1.54, 1.807) is 36.0 Å². The number of nitrogens with zero attached hydrogens (tertiary/aromatic N) is 4. The van der Waals surface area contributed by atoms with Crippen LogP contribution in [-0.4, -0.2) is 127 Å². The fraction of sp³-hybridized carbons (Fsp3) is 0.467. The van der Waals surface area contributed by atoms with Gasteiger partial charge in [0.25, 0.3) is 11.6 Å². The fourth-order valence-corrected chi connectivity index (χ4v) is 6.11. The molecule has 15 heteroatoms. The Bertz CT molecular complexity index is 1360. The van der Waals surface area contributed by atoms with E-state index in [2.05, 4.69) is 31.9 Å². The lowest BCUT2D eigenvalue weighted by Gasteiger charge is -2.37. The smallest absolute Gasteiger partial charge is 0.420 e. The number of benzene rings is 2. The first kappa shape index (κ1) is 37.1. The molecule has 0 radical (unpaired) electrons. The molecule has 0 saturated heterocycles. The molecule has 2 N–H and O–H groups in total. The van der Waals surface area contributed by atoms with Gasteiger partial charge in [0.05, 0.1) is 24.2 Å². The number of ether oxygens (including phenoxy) is 4. The highest BCUT2D eigenvalue weighted by Crippen LogP contribution is 2.36. The molecular weight excluding hydrogens is 752 g/mol. The molecule has 0 saturated carbocycles. The minimum atomic E-state index is -1.55. The molecule has 4 rings (SSSR count). The van der Waals surface area contributed by atoms with Crippen LogP contribution in [0.15, 0.2) is 45.3 Å². The van der Waals surface area contributed by atoms with Crippen LogP contribution >= 0.6 is 56.3 Å². The highest BCUT2D eigenvalue weighted by molar-refractivity contribution is 9.10. The van der Waals surface area contributed by atoms with Crippen LogP contribution in [0.1, 0.15) is 24.0 Å². The first-order valence-corrected chi connectivity index (χ1v) is 16.3. The molecule has 2 aromatic rings. The van der Waals surface area contributed by atoms with E-state index in [0.29, 0.717) is 45.7 Å². The number of likely N-dealkylation sites (N-methyl/N-ethyl adjacent to an activating group) is 2. The zero-order chi connectivity index (χ0) is 32.4. The molecule has 246 valence electrons. The van der Waals surface area contributed by atoms with E-state index >= 15 is 0 Å². The van der Waals surface area contributed by atoms with E-state index in [0.717, 1.165) is 8.95 Å². The average Bonchev–Trinajstić information content (AvgIpc) is 3.11. The van der Waals surface area contributed by atoms with Crippen LogP contribution in [0.2, 0.25) is 0 Å². The molecule has 2 heterocycles. The second-order valence-corrected chi connectivity index (χ2v) is 14.1. The van der Waals surface area contributed by atoms with Gasteiger partial charge >= 0.3 is 11.9 Å². The molecule has 0 fully saturated rings. The number of esters is 2. The third-order valence-corrected chi connectivity index (χ3v) is 9.24. The first-order chi connectivity index (χ1) is 20.6. The third-order valence-electron chi connectivity index (χ3n) is 7.19. The van der Waals surface area contributed by atoms with Gasteiger partial charge < -0.3 is 44.0 Å². The predicted octanol–water partition coefficient (Wildman–Crippen LogP) is 3.47. The van der Waals surface area contributed by atoms with Crippen LogP contribution in [-0.2, 0) is 19.1 Å². The van der Waals surface area contributed by atoms with Crippen LogP contribution in [0.4, 0.5) is 0 Å². The van der Waals surface area contributed by atoms with Crippen LogP contribution in [0.5, 0.6) is 11.5 Å². The van der Waals surface area contributed by atoms with Gasteiger partial charge in [0.2, 0.25) is 0 Å². The van der Waals surface area contributed by atoms with Gasteiger partial charge in [0, 0.05) is 49.0 Å². The molecule has 2 atom stereocenters. The summed E-state index contributed by atoms with van der Waals surface area (Å²) in [6.07, 6.45) is 0.506. The summed E-state index contributed by atoms with van der Waals surface area (Å²) in [4.78, 5) is 35.8. The number of hydrogen-bond donors (Lipinski definition) is 0. The monoisotopic (exact) mass is 788 g/mol. The van der Waals surface area contributed by atoms with Crippen molar-refractivity contribution >= 4 is 78.2 Å². The van der Waals surface area contributed by atoms with Crippen molar-refractivity contribution in [1.82, 2.24) is 19.6 Å². The molecule has 0 amide bonds. The van der Waals surface area contributed by atoms with Gasteiger partial charge in [0.15, 0.2) is 0 Å². The zero-order valence-corrected chi connectivity index (χ0v) is 30.8. The average molecular weight is 791 g/mol. The maximum absolute atomic E-state index is 13.6. The van der Waals surface area contributed by atoms with Crippen molar-refractivity contribution in [3.63, 3.8) is 0 Å². The lowest BCUT2D eigenvalue weighted by atomic mass is 10.1. The summed E-state index contributed by atoms with van der Waals surface area (Å²) < 4.78 is 26.4. The maximum atomic E-state index is 13.6. The Balaban J connectivity index is 0.00000552. The molecule has 2 aliphatic rings. The number of fused-ring (bicyclic) bond motifs is 2. The number of thiocarbonyl (C=S) groups is 2. The second-order valence-electron chi connectivity index (χ2n) is 11.5. The minimum Gasteiger partial charge on any atom is -0.450 e. The Labute approximate surface area is 291 Å². The predicted molar refractivity (Wildman–Crippen MR) is 186 cm³/mol. The summed E-state index contributed by atoms with van der Waals surface area (Å²) in [7, 11) is 11.2. The third kappa shape index (κ3) is 8.90. The molecule has 2 aliphatic heterocycles. The number of carbonyl (C=O) groups excluding carboxylic acids is 2. The van der Waals surface area contributed by atoms with Gasteiger partial charge in [-0.1, -0.05) is 56.3 Å². The van der Waals surface area contributed by atoms with Gasteiger partial charge in [-0.2, -0.15) is 0 Å². The Morgan fingerprint density at radius 1 is 0.778 bits per heavy atom. The molecule has 45 heavy (non-hydrogen) atoms. The Morgan fingerprint density at radius 3 is 1.47 bits per heavy atom. The normalized spacial score (nSPS) is 21.1. The highest BCUT2D eigenvalue weighted by atomic mass is 79.9. The molecule has 2 unspecified atom stereocenters. The van der Waals surface area contributed by atoms with Crippen LogP contribution in [0.25, 0.3) is 0 Å². The van der Waals surface area contributed by atoms with Crippen LogP contribution in [0, 0.1) is 0 Å². The Kier molecular flexibility index (Phi) is 12.4. The van der Waals surface area contributed by atoms with E-state index in [4.69, 9.17) is 43.4 Å².